The zero-order chi connectivity index (χ0) is 10.1. The second-order valence-corrected chi connectivity index (χ2v) is 4.93. The van der Waals surface area contributed by atoms with E-state index in [0.717, 1.165) is 12.8 Å². The lowest BCUT2D eigenvalue weighted by atomic mass is 9.67. The maximum Gasteiger partial charge on any atom is 0.0858 e. The van der Waals surface area contributed by atoms with Crippen LogP contribution in [0.5, 0.6) is 0 Å². The molecular weight excluding hydrogens is 160 g/mol. The van der Waals surface area contributed by atoms with E-state index in [4.69, 9.17) is 0 Å². The average Bonchev–Trinajstić information content (AvgIpc) is 2.03. The zero-order valence-electron chi connectivity index (χ0n) is 9.09. The Kier molecular flexibility index (Phi) is 3.18. The quantitative estimate of drug-likeness (QED) is 0.651. The Labute approximate surface area is 81.9 Å². The average molecular weight is 182 g/mol. The Morgan fingerprint density at radius 3 is 2.54 bits per heavy atom. The molecule has 1 unspecified atom stereocenters. The minimum Gasteiger partial charge on any atom is -0.385 e. The van der Waals surface area contributed by atoms with Gasteiger partial charge in [0.1, 0.15) is 0 Å². The topological polar surface area (TPSA) is 20.2 Å². The molecule has 0 aliphatic heterocycles. The summed E-state index contributed by atoms with van der Waals surface area (Å²) in [7, 11) is 0. The molecule has 0 bridgehead atoms. The van der Waals surface area contributed by atoms with Crippen molar-refractivity contribution in [3.63, 3.8) is 0 Å². The van der Waals surface area contributed by atoms with Gasteiger partial charge in [0.15, 0.2) is 0 Å². The maximum absolute atomic E-state index is 10.4. The third kappa shape index (κ3) is 2.14. The summed E-state index contributed by atoms with van der Waals surface area (Å²) in [6.07, 6.45) is 5.03. The Bertz CT molecular complexity index is 186. The van der Waals surface area contributed by atoms with Gasteiger partial charge in [-0.3, -0.25) is 0 Å². The van der Waals surface area contributed by atoms with E-state index in [-0.39, 0.29) is 0 Å². The molecule has 0 amide bonds. The summed E-state index contributed by atoms with van der Waals surface area (Å²) in [4.78, 5) is 0. The molecule has 0 aromatic rings. The third-order valence-electron chi connectivity index (χ3n) is 3.45. The fraction of sp³-hybridized carbons (Fsp3) is 0.833. The lowest BCUT2D eigenvalue weighted by Gasteiger charge is -2.42. The molecule has 1 nitrogen and oxygen atoms in total. The van der Waals surface area contributed by atoms with Crippen molar-refractivity contribution in [1.29, 1.82) is 0 Å². The molecular formula is C12H22O. The number of hydrogen-bond acceptors (Lipinski definition) is 1. The van der Waals surface area contributed by atoms with Gasteiger partial charge in [0.25, 0.3) is 0 Å². The fourth-order valence-electron chi connectivity index (χ4n) is 2.67. The molecule has 76 valence electrons. The fourth-order valence-corrected chi connectivity index (χ4v) is 2.67. The zero-order valence-corrected chi connectivity index (χ0v) is 9.09. The predicted octanol–water partition coefficient (Wildman–Crippen LogP) is 3.00. The van der Waals surface area contributed by atoms with Gasteiger partial charge in [-0.25, -0.2) is 0 Å². The molecule has 1 aliphatic rings. The first kappa shape index (κ1) is 10.8. The van der Waals surface area contributed by atoms with Crippen molar-refractivity contribution in [2.24, 2.45) is 17.8 Å². The molecule has 1 rings (SSSR count). The SMILES string of the molecule is C=CC1(O)C[C@@H](C)CC[C@H]1C(C)C. The maximum atomic E-state index is 10.4. The molecule has 3 atom stereocenters. The van der Waals surface area contributed by atoms with Crippen LogP contribution in [0.25, 0.3) is 0 Å². The van der Waals surface area contributed by atoms with E-state index in [9.17, 15) is 5.11 Å². The van der Waals surface area contributed by atoms with Crippen LogP contribution in [0.4, 0.5) is 0 Å². The van der Waals surface area contributed by atoms with E-state index >= 15 is 0 Å². The molecule has 1 saturated carbocycles. The molecule has 1 N–H and O–H groups in total. The second-order valence-electron chi connectivity index (χ2n) is 4.93. The van der Waals surface area contributed by atoms with Crippen molar-refractivity contribution < 1.29 is 5.11 Å². The van der Waals surface area contributed by atoms with Gasteiger partial charge in [0.05, 0.1) is 5.60 Å². The van der Waals surface area contributed by atoms with E-state index in [1.165, 1.54) is 6.42 Å². The highest BCUT2D eigenvalue weighted by molar-refractivity contribution is 5.04. The van der Waals surface area contributed by atoms with E-state index in [0.29, 0.717) is 17.8 Å². The smallest absolute Gasteiger partial charge is 0.0858 e. The van der Waals surface area contributed by atoms with Gasteiger partial charge in [-0.15, -0.1) is 6.58 Å². The number of hydrogen-bond donors (Lipinski definition) is 1. The van der Waals surface area contributed by atoms with E-state index < -0.39 is 5.60 Å². The first-order valence-electron chi connectivity index (χ1n) is 5.35. The summed E-state index contributed by atoms with van der Waals surface area (Å²) in [6, 6.07) is 0. The second kappa shape index (κ2) is 3.83. The lowest BCUT2D eigenvalue weighted by molar-refractivity contribution is -0.0404. The van der Waals surface area contributed by atoms with Crippen molar-refractivity contribution in [2.45, 2.75) is 45.6 Å². The standard InChI is InChI=1S/C12H22O/c1-5-12(13)8-10(4)6-7-11(12)9(2)3/h5,9-11,13H,1,6-8H2,2-4H3/t10-,11-,12?/m0/s1. The molecule has 1 heteroatoms. The van der Waals surface area contributed by atoms with Crippen molar-refractivity contribution in [1.82, 2.24) is 0 Å². The van der Waals surface area contributed by atoms with Gasteiger partial charge >= 0.3 is 0 Å². The van der Waals surface area contributed by atoms with Gasteiger partial charge < -0.3 is 5.11 Å². The summed E-state index contributed by atoms with van der Waals surface area (Å²) < 4.78 is 0. The summed E-state index contributed by atoms with van der Waals surface area (Å²) in [5.41, 5.74) is -0.605. The molecule has 0 heterocycles. The molecule has 0 spiro atoms. The largest absolute Gasteiger partial charge is 0.385 e. The summed E-state index contributed by atoms with van der Waals surface area (Å²) in [5.74, 6) is 1.59. The molecule has 1 fully saturated rings. The minimum atomic E-state index is -0.605. The molecule has 0 aromatic heterocycles. The Morgan fingerprint density at radius 1 is 1.46 bits per heavy atom. The Morgan fingerprint density at radius 2 is 2.08 bits per heavy atom. The highest BCUT2D eigenvalue weighted by Gasteiger charge is 2.40. The molecule has 0 saturated heterocycles. The van der Waals surface area contributed by atoms with Crippen LogP contribution in [-0.2, 0) is 0 Å². The molecule has 13 heavy (non-hydrogen) atoms. The first-order chi connectivity index (χ1) is 5.99. The van der Waals surface area contributed by atoms with Crippen LogP contribution in [0.1, 0.15) is 40.0 Å². The van der Waals surface area contributed by atoms with E-state index in [1.54, 1.807) is 6.08 Å². The van der Waals surface area contributed by atoms with Gasteiger partial charge in [0.2, 0.25) is 0 Å². The van der Waals surface area contributed by atoms with Crippen molar-refractivity contribution in [2.75, 3.05) is 0 Å². The van der Waals surface area contributed by atoms with Crippen LogP contribution in [0, 0.1) is 17.8 Å². The monoisotopic (exact) mass is 182 g/mol. The molecule has 1 aliphatic carbocycles. The number of aliphatic hydroxyl groups is 1. The normalized spacial score (nSPS) is 40.7. The van der Waals surface area contributed by atoms with Gasteiger partial charge in [0, 0.05) is 0 Å². The van der Waals surface area contributed by atoms with Gasteiger partial charge in [-0.1, -0.05) is 33.3 Å². The third-order valence-corrected chi connectivity index (χ3v) is 3.45. The minimum absolute atomic E-state index is 0.404. The predicted molar refractivity (Wildman–Crippen MR) is 56.5 cm³/mol. The van der Waals surface area contributed by atoms with Crippen LogP contribution in [0.3, 0.4) is 0 Å². The van der Waals surface area contributed by atoms with E-state index in [2.05, 4.69) is 27.4 Å². The van der Waals surface area contributed by atoms with Crippen molar-refractivity contribution in [3.05, 3.63) is 12.7 Å². The lowest BCUT2D eigenvalue weighted by Crippen LogP contribution is -2.43. The van der Waals surface area contributed by atoms with Crippen LogP contribution < -0.4 is 0 Å². The Hall–Kier alpha value is -0.300. The highest BCUT2D eigenvalue weighted by Crippen LogP contribution is 2.41. The van der Waals surface area contributed by atoms with Crippen LogP contribution in [0.2, 0.25) is 0 Å². The Balaban J connectivity index is 2.78. The van der Waals surface area contributed by atoms with Crippen molar-refractivity contribution >= 4 is 0 Å². The first-order valence-corrected chi connectivity index (χ1v) is 5.35. The van der Waals surface area contributed by atoms with Crippen LogP contribution in [-0.4, -0.2) is 10.7 Å². The highest BCUT2D eigenvalue weighted by atomic mass is 16.3. The summed E-state index contributed by atoms with van der Waals surface area (Å²) >= 11 is 0. The molecule has 0 radical (unpaired) electrons. The summed E-state index contributed by atoms with van der Waals surface area (Å²) in [6.45, 7) is 10.4. The molecule has 0 aromatic carbocycles. The van der Waals surface area contributed by atoms with E-state index in [1.807, 2.05) is 0 Å². The summed E-state index contributed by atoms with van der Waals surface area (Å²) in [5, 5.41) is 10.4. The number of rotatable bonds is 2. The van der Waals surface area contributed by atoms with Crippen LogP contribution >= 0.6 is 0 Å². The van der Waals surface area contributed by atoms with Crippen molar-refractivity contribution in [3.8, 4) is 0 Å². The van der Waals surface area contributed by atoms with Crippen LogP contribution in [0.15, 0.2) is 12.7 Å². The van der Waals surface area contributed by atoms with Gasteiger partial charge in [-0.2, -0.15) is 0 Å². The van der Waals surface area contributed by atoms with Gasteiger partial charge in [-0.05, 0) is 30.6 Å².